The normalized spacial score (nSPS) is 10.1. The van der Waals surface area contributed by atoms with Gasteiger partial charge >= 0.3 is 5.97 Å². The van der Waals surface area contributed by atoms with Crippen molar-refractivity contribution in [3.63, 3.8) is 0 Å². The van der Waals surface area contributed by atoms with Crippen molar-refractivity contribution in [3.05, 3.63) is 48.0 Å². The Hall–Kier alpha value is -2.14. The molecule has 0 radical (unpaired) electrons. The van der Waals surface area contributed by atoms with Gasteiger partial charge in [0, 0.05) is 4.90 Å². The molecular formula is C15H15NO3S. The van der Waals surface area contributed by atoms with Crippen LogP contribution in [0.15, 0.2) is 47.4 Å². The Balaban J connectivity index is 2.45. The van der Waals surface area contributed by atoms with Gasteiger partial charge in [-0.3, -0.25) is 0 Å². The first-order valence-electron chi connectivity index (χ1n) is 5.95. The lowest BCUT2D eigenvalue weighted by Crippen LogP contribution is -2.06. The van der Waals surface area contributed by atoms with Gasteiger partial charge in [-0.25, -0.2) is 4.79 Å². The predicted octanol–water partition coefficient (Wildman–Crippen LogP) is 3.57. The highest BCUT2D eigenvalue weighted by atomic mass is 32.2. The van der Waals surface area contributed by atoms with Crippen LogP contribution in [0.3, 0.4) is 0 Å². The number of ether oxygens (including phenoxy) is 2. The number of benzene rings is 2. The lowest BCUT2D eigenvalue weighted by Gasteiger charge is -2.14. The zero-order valence-corrected chi connectivity index (χ0v) is 12.1. The first-order valence-corrected chi connectivity index (χ1v) is 7.17. The topological polar surface area (TPSA) is 61.5 Å². The molecule has 2 rings (SSSR count). The molecule has 0 aliphatic carbocycles. The summed E-state index contributed by atoms with van der Waals surface area (Å²) in [5.41, 5.74) is 6.61. The van der Waals surface area contributed by atoms with E-state index in [1.165, 1.54) is 7.11 Å². The fraction of sp³-hybridized carbons (Fsp3) is 0.133. The van der Waals surface area contributed by atoms with Crippen molar-refractivity contribution < 1.29 is 14.3 Å². The highest BCUT2D eigenvalue weighted by Gasteiger charge is 2.17. The average Bonchev–Trinajstić information content (AvgIpc) is 2.49. The maximum absolute atomic E-state index is 11.8. The molecule has 0 aliphatic rings. The molecule has 2 aromatic rings. The van der Waals surface area contributed by atoms with E-state index in [0.717, 1.165) is 4.90 Å². The van der Waals surface area contributed by atoms with Gasteiger partial charge in [0.05, 0.1) is 12.8 Å². The van der Waals surface area contributed by atoms with Crippen molar-refractivity contribution in [3.8, 4) is 11.5 Å². The Morgan fingerprint density at radius 1 is 1.15 bits per heavy atom. The van der Waals surface area contributed by atoms with E-state index in [-0.39, 0.29) is 0 Å². The quantitative estimate of drug-likeness (QED) is 0.529. The van der Waals surface area contributed by atoms with Gasteiger partial charge in [-0.2, -0.15) is 0 Å². The number of para-hydroxylation sites is 2. The summed E-state index contributed by atoms with van der Waals surface area (Å²) < 4.78 is 10.6. The molecule has 0 bridgehead atoms. The summed E-state index contributed by atoms with van der Waals surface area (Å²) in [5.74, 6) is 0.498. The molecular weight excluding hydrogens is 274 g/mol. The molecule has 0 fully saturated rings. The van der Waals surface area contributed by atoms with Crippen molar-refractivity contribution in [1.29, 1.82) is 0 Å². The molecule has 2 aromatic carbocycles. The Bertz CT molecular complexity index is 628. The summed E-state index contributed by atoms with van der Waals surface area (Å²) in [4.78, 5) is 12.7. The zero-order valence-electron chi connectivity index (χ0n) is 11.3. The number of anilines is 1. The van der Waals surface area contributed by atoms with Crippen LogP contribution in [0.1, 0.15) is 10.4 Å². The summed E-state index contributed by atoms with van der Waals surface area (Å²) >= 11 is 1.56. The summed E-state index contributed by atoms with van der Waals surface area (Å²) in [6.45, 7) is 0. The van der Waals surface area contributed by atoms with Gasteiger partial charge in [-0.1, -0.05) is 18.2 Å². The minimum absolute atomic E-state index is 0.309. The van der Waals surface area contributed by atoms with Gasteiger partial charge in [0.25, 0.3) is 0 Å². The number of thioether (sulfide) groups is 1. The second-order valence-electron chi connectivity index (χ2n) is 3.97. The second kappa shape index (κ2) is 6.34. The number of nitrogen functional groups attached to an aromatic ring is 1. The SMILES string of the molecule is COC(=O)c1cccc(N)c1Oc1ccccc1SC. The summed E-state index contributed by atoms with van der Waals surface area (Å²) in [5, 5.41) is 0. The number of nitrogens with two attached hydrogens (primary N) is 1. The van der Waals surface area contributed by atoms with Crippen LogP contribution in [0.25, 0.3) is 0 Å². The Kier molecular flexibility index (Phi) is 4.53. The van der Waals surface area contributed by atoms with Gasteiger partial charge in [-0.15, -0.1) is 11.8 Å². The molecule has 20 heavy (non-hydrogen) atoms. The van der Waals surface area contributed by atoms with Crippen LogP contribution < -0.4 is 10.5 Å². The standard InChI is InChI=1S/C15H15NO3S/c1-18-15(17)10-6-5-7-11(16)14(10)19-12-8-3-4-9-13(12)20-2/h3-9H,16H2,1-2H3. The van der Waals surface area contributed by atoms with Gasteiger partial charge in [0.1, 0.15) is 11.3 Å². The third-order valence-electron chi connectivity index (χ3n) is 2.73. The molecule has 0 amide bonds. The van der Waals surface area contributed by atoms with Crippen LogP contribution in [0.5, 0.6) is 11.5 Å². The van der Waals surface area contributed by atoms with Crippen LogP contribution in [0.4, 0.5) is 5.69 Å². The highest BCUT2D eigenvalue weighted by Crippen LogP contribution is 2.36. The number of methoxy groups -OCH3 is 1. The molecule has 0 heterocycles. The van der Waals surface area contributed by atoms with Crippen LogP contribution >= 0.6 is 11.8 Å². The largest absolute Gasteiger partial charge is 0.465 e. The number of carbonyl (C=O) groups excluding carboxylic acids is 1. The van der Waals surface area contributed by atoms with Crippen molar-refractivity contribution in [1.82, 2.24) is 0 Å². The number of hydrogen-bond acceptors (Lipinski definition) is 5. The van der Waals surface area contributed by atoms with Crippen molar-refractivity contribution >= 4 is 23.4 Å². The van der Waals surface area contributed by atoms with E-state index in [4.69, 9.17) is 15.2 Å². The average molecular weight is 289 g/mol. The van der Waals surface area contributed by atoms with E-state index in [0.29, 0.717) is 22.7 Å². The van der Waals surface area contributed by atoms with E-state index >= 15 is 0 Å². The van der Waals surface area contributed by atoms with Gasteiger partial charge in [0.2, 0.25) is 0 Å². The fourth-order valence-corrected chi connectivity index (χ4v) is 2.28. The molecule has 0 saturated carbocycles. The molecule has 4 nitrogen and oxygen atoms in total. The van der Waals surface area contributed by atoms with Crippen molar-refractivity contribution in [2.45, 2.75) is 4.90 Å². The molecule has 2 N–H and O–H groups in total. The van der Waals surface area contributed by atoms with Gasteiger partial charge in [-0.05, 0) is 30.5 Å². The van der Waals surface area contributed by atoms with E-state index in [1.807, 2.05) is 30.5 Å². The summed E-state index contributed by atoms with van der Waals surface area (Å²) in [7, 11) is 1.32. The number of hydrogen-bond donors (Lipinski definition) is 1. The fourth-order valence-electron chi connectivity index (χ4n) is 1.75. The molecule has 0 unspecified atom stereocenters. The highest BCUT2D eigenvalue weighted by molar-refractivity contribution is 7.98. The maximum Gasteiger partial charge on any atom is 0.341 e. The molecule has 0 spiro atoms. The molecule has 0 aromatic heterocycles. The molecule has 0 saturated heterocycles. The smallest absolute Gasteiger partial charge is 0.341 e. The third kappa shape index (κ3) is 2.88. The summed E-state index contributed by atoms with van der Waals surface area (Å²) in [6, 6.07) is 12.6. The minimum Gasteiger partial charge on any atom is -0.465 e. The maximum atomic E-state index is 11.8. The molecule has 0 atom stereocenters. The number of esters is 1. The second-order valence-corrected chi connectivity index (χ2v) is 4.82. The zero-order chi connectivity index (χ0) is 14.5. The van der Waals surface area contributed by atoms with Crippen molar-refractivity contribution in [2.75, 3.05) is 19.1 Å². The van der Waals surface area contributed by atoms with Crippen LogP contribution in [0.2, 0.25) is 0 Å². The number of carbonyl (C=O) groups is 1. The van der Waals surface area contributed by atoms with E-state index in [9.17, 15) is 4.79 Å². The van der Waals surface area contributed by atoms with Crippen LogP contribution in [0, 0.1) is 0 Å². The van der Waals surface area contributed by atoms with Gasteiger partial charge in [0.15, 0.2) is 5.75 Å². The number of rotatable bonds is 4. The minimum atomic E-state index is -0.478. The molecule has 104 valence electrons. The van der Waals surface area contributed by atoms with Crippen LogP contribution in [-0.2, 0) is 4.74 Å². The first-order chi connectivity index (χ1) is 9.67. The third-order valence-corrected chi connectivity index (χ3v) is 3.51. The van der Waals surface area contributed by atoms with Gasteiger partial charge < -0.3 is 15.2 Å². The summed E-state index contributed by atoms with van der Waals surface area (Å²) in [6.07, 6.45) is 1.96. The van der Waals surface area contributed by atoms with Crippen LogP contribution in [-0.4, -0.2) is 19.3 Å². The molecule has 5 heteroatoms. The first kappa shape index (κ1) is 14.3. The Morgan fingerprint density at radius 2 is 1.90 bits per heavy atom. The Labute approximate surface area is 121 Å². The lowest BCUT2D eigenvalue weighted by atomic mass is 10.1. The van der Waals surface area contributed by atoms with E-state index < -0.39 is 5.97 Å². The predicted molar refractivity (Wildman–Crippen MR) is 80.5 cm³/mol. The van der Waals surface area contributed by atoms with E-state index in [2.05, 4.69) is 0 Å². The van der Waals surface area contributed by atoms with E-state index in [1.54, 1.807) is 30.0 Å². The Morgan fingerprint density at radius 3 is 2.60 bits per heavy atom. The lowest BCUT2D eigenvalue weighted by molar-refractivity contribution is 0.0598. The molecule has 0 aliphatic heterocycles. The van der Waals surface area contributed by atoms with Crippen molar-refractivity contribution in [2.24, 2.45) is 0 Å². The monoisotopic (exact) mass is 289 g/mol.